The van der Waals surface area contributed by atoms with E-state index in [2.05, 4.69) is 11.9 Å². The highest BCUT2D eigenvalue weighted by Crippen LogP contribution is 2.14. The fourth-order valence-electron chi connectivity index (χ4n) is 1.26. The first-order valence-corrected chi connectivity index (χ1v) is 4.14. The molecule has 1 aliphatic rings. The molecule has 0 saturated carbocycles. The van der Waals surface area contributed by atoms with Crippen molar-refractivity contribution in [2.24, 2.45) is 5.92 Å². The first kappa shape index (κ1) is 8.75. The summed E-state index contributed by atoms with van der Waals surface area (Å²) in [5.41, 5.74) is 0. The van der Waals surface area contributed by atoms with Crippen molar-refractivity contribution < 1.29 is 4.79 Å². The van der Waals surface area contributed by atoms with Crippen LogP contribution in [0.4, 0.5) is 0 Å². The minimum Gasteiger partial charge on any atom is -0.316 e. The molecular weight excluding hydrogens is 162 g/mol. The summed E-state index contributed by atoms with van der Waals surface area (Å²) in [6, 6.07) is 0. The zero-order chi connectivity index (χ0) is 8.27. The van der Waals surface area contributed by atoms with Gasteiger partial charge in [0.05, 0.1) is 0 Å². The molecule has 1 fully saturated rings. The number of Topliss-reactive ketones (excluding diaryl/α,β-unsaturated/α-hetero) is 1. The molecule has 0 aliphatic carbocycles. The van der Waals surface area contributed by atoms with Crippen LogP contribution in [0.1, 0.15) is 12.8 Å². The van der Waals surface area contributed by atoms with Gasteiger partial charge in [-0.1, -0.05) is 18.2 Å². The van der Waals surface area contributed by atoms with Gasteiger partial charge in [-0.25, -0.2) is 0 Å². The summed E-state index contributed by atoms with van der Waals surface area (Å²) >= 11 is 5.52. The van der Waals surface area contributed by atoms with Gasteiger partial charge < -0.3 is 5.32 Å². The minimum absolute atomic E-state index is 0.172. The fraction of sp³-hybridized carbons (Fsp3) is 0.625. The maximum absolute atomic E-state index is 11.3. The monoisotopic (exact) mass is 173 g/mol. The number of ketones is 1. The Morgan fingerprint density at radius 2 is 2.45 bits per heavy atom. The topological polar surface area (TPSA) is 29.1 Å². The Kier molecular flexibility index (Phi) is 3.09. The molecule has 1 rings (SSSR count). The quantitative estimate of drug-likeness (QED) is 0.698. The van der Waals surface area contributed by atoms with Gasteiger partial charge in [0.25, 0.3) is 0 Å². The molecule has 1 aliphatic heterocycles. The highest BCUT2D eigenvalue weighted by molar-refractivity contribution is 6.30. The van der Waals surface area contributed by atoms with Gasteiger partial charge in [0.15, 0.2) is 0 Å². The van der Waals surface area contributed by atoms with E-state index < -0.39 is 0 Å². The fourth-order valence-corrected chi connectivity index (χ4v) is 1.39. The van der Waals surface area contributed by atoms with Gasteiger partial charge in [0.2, 0.25) is 0 Å². The molecule has 0 spiro atoms. The van der Waals surface area contributed by atoms with Crippen LogP contribution in [0.3, 0.4) is 0 Å². The maximum atomic E-state index is 11.3. The van der Waals surface area contributed by atoms with E-state index >= 15 is 0 Å². The Morgan fingerprint density at radius 3 is 2.91 bits per heavy atom. The Bertz CT molecular complexity index is 173. The van der Waals surface area contributed by atoms with Crippen molar-refractivity contribution >= 4 is 17.4 Å². The van der Waals surface area contributed by atoms with E-state index in [0.717, 1.165) is 19.5 Å². The third-order valence-corrected chi connectivity index (χ3v) is 2.02. The largest absolute Gasteiger partial charge is 0.316 e. The number of carbonyl (C=O) groups is 1. The van der Waals surface area contributed by atoms with E-state index in [1.54, 1.807) is 0 Å². The average molecular weight is 174 g/mol. The van der Waals surface area contributed by atoms with Crippen LogP contribution in [0.25, 0.3) is 0 Å². The van der Waals surface area contributed by atoms with Crippen LogP contribution in [0.5, 0.6) is 0 Å². The molecule has 1 saturated heterocycles. The lowest BCUT2D eigenvalue weighted by atomic mass is 10.0. The van der Waals surface area contributed by atoms with Gasteiger partial charge in [0, 0.05) is 23.9 Å². The van der Waals surface area contributed by atoms with Crippen molar-refractivity contribution in [3.05, 3.63) is 11.6 Å². The predicted octanol–water partition coefficient (Wildman–Crippen LogP) is 1.31. The van der Waals surface area contributed by atoms with E-state index in [0.29, 0.717) is 11.5 Å². The molecule has 0 aromatic carbocycles. The average Bonchev–Trinajstić information content (AvgIpc) is 2.35. The normalized spacial score (nSPS) is 23.5. The van der Waals surface area contributed by atoms with Crippen molar-refractivity contribution in [3.63, 3.8) is 0 Å². The van der Waals surface area contributed by atoms with Crippen LogP contribution in [0, 0.1) is 5.92 Å². The number of allylic oxidation sites excluding steroid dienone is 1. The molecule has 3 heteroatoms. The van der Waals surface area contributed by atoms with E-state index in [1.165, 1.54) is 0 Å². The Labute approximate surface area is 71.6 Å². The summed E-state index contributed by atoms with van der Waals surface area (Å²) < 4.78 is 0. The number of rotatable bonds is 3. The molecule has 1 heterocycles. The number of hydrogen-bond acceptors (Lipinski definition) is 2. The summed E-state index contributed by atoms with van der Waals surface area (Å²) in [6.07, 6.45) is 1.27. The molecule has 11 heavy (non-hydrogen) atoms. The zero-order valence-corrected chi connectivity index (χ0v) is 7.16. The molecule has 0 aromatic rings. The highest BCUT2D eigenvalue weighted by atomic mass is 35.5. The van der Waals surface area contributed by atoms with Crippen molar-refractivity contribution in [3.8, 4) is 0 Å². The Morgan fingerprint density at radius 1 is 1.73 bits per heavy atom. The lowest BCUT2D eigenvalue weighted by molar-refractivity contribution is -0.121. The van der Waals surface area contributed by atoms with Crippen LogP contribution in [0.2, 0.25) is 0 Å². The number of hydrogen-bond donors (Lipinski definition) is 1. The smallest absolute Gasteiger partial charge is 0.142 e. The Balaban J connectivity index is 2.34. The molecule has 0 radical (unpaired) electrons. The van der Waals surface area contributed by atoms with Crippen LogP contribution >= 0.6 is 11.6 Å². The second kappa shape index (κ2) is 3.88. The Hall–Kier alpha value is -0.340. The van der Waals surface area contributed by atoms with Gasteiger partial charge >= 0.3 is 0 Å². The lowest BCUT2D eigenvalue weighted by Crippen LogP contribution is -2.17. The minimum atomic E-state index is 0.172. The summed E-state index contributed by atoms with van der Waals surface area (Å²) in [6.45, 7) is 5.25. The summed E-state index contributed by atoms with van der Waals surface area (Å²) in [5, 5.41) is 3.58. The van der Waals surface area contributed by atoms with Crippen molar-refractivity contribution in [2.75, 3.05) is 13.1 Å². The molecule has 1 atom stereocenters. The molecular formula is C8H12ClNO. The van der Waals surface area contributed by atoms with Crippen molar-refractivity contribution in [1.82, 2.24) is 5.32 Å². The van der Waals surface area contributed by atoms with Crippen molar-refractivity contribution in [1.29, 1.82) is 0 Å². The van der Waals surface area contributed by atoms with Gasteiger partial charge in [-0.3, -0.25) is 4.79 Å². The third kappa shape index (κ3) is 2.64. The molecule has 0 bridgehead atoms. The van der Waals surface area contributed by atoms with Gasteiger partial charge in [-0.05, 0) is 13.0 Å². The van der Waals surface area contributed by atoms with Gasteiger partial charge in [0.1, 0.15) is 5.78 Å². The predicted molar refractivity (Wildman–Crippen MR) is 45.6 cm³/mol. The van der Waals surface area contributed by atoms with Crippen LogP contribution in [0.15, 0.2) is 11.6 Å². The molecule has 0 aromatic heterocycles. The molecule has 62 valence electrons. The summed E-state index contributed by atoms with van der Waals surface area (Å²) in [4.78, 5) is 11.3. The summed E-state index contributed by atoms with van der Waals surface area (Å²) in [5.74, 6) is 0.389. The van der Waals surface area contributed by atoms with Crippen LogP contribution < -0.4 is 5.32 Å². The van der Waals surface area contributed by atoms with E-state index in [9.17, 15) is 4.79 Å². The standard InChI is InChI=1S/C8H12ClNO/c1-6(9)4-8(11)7-2-3-10-5-7/h7,10H,1-5H2/t7-/m1/s1. The SMILES string of the molecule is C=C(Cl)CC(=O)[C@@H]1CCNC1. The second-order valence-electron chi connectivity index (χ2n) is 2.85. The molecule has 0 unspecified atom stereocenters. The zero-order valence-electron chi connectivity index (χ0n) is 6.40. The first-order chi connectivity index (χ1) is 5.20. The van der Waals surface area contributed by atoms with E-state index in [4.69, 9.17) is 11.6 Å². The molecule has 0 amide bonds. The molecule has 1 N–H and O–H groups in total. The highest BCUT2D eigenvalue weighted by Gasteiger charge is 2.21. The second-order valence-corrected chi connectivity index (χ2v) is 3.38. The van der Waals surface area contributed by atoms with Crippen molar-refractivity contribution in [2.45, 2.75) is 12.8 Å². The van der Waals surface area contributed by atoms with E-state index in [1.807, 2.05) is 0 Å². The van der Waals surface area contributed by atoms with Gasteiger partial charge in [-0.2, -0.15) is 0 Å². The molecule has 2 nitrogen and oxygen atoms in total. The summed E-state index contributed by atoms with van der Waals surface area (Å²) in [7, 11) is 0. The first-order valence-electron chi connectivity index (χ1n) is 3.77. The third-order valence-electron chi connectivity index (χ3n) is 1.88. The van der Waals surface area contributed by atoms with E-state index in [-0.39, 0.29) is 11.7 Å². The number of halogens is 1. The van der Waals surface area contributed by atoms with Crippen LogP contribution in [-0.4, -0.2) is 18.9 Å². The van der Waals surface area contributed by atoms with Gasteiger partial charge in [-0.15, -0.1) is 0 Å². The number of carbonyl (C=O) groups excluding carboxylic acids is 1. The lowest BCUT2D eigenvalue weighted by Gasteiger charge is -2.04. The maximum Gasteiger partial charge on any atom is 0.142 e. The van der Waals surface area contributed by atoms with Crippen LogP contribution in [-0.2, 0) is 4.79 Å². The number of nitrogens with one attached hydrogen (secondary N) is 1.